The fourth-order valence-corrected chi connectivity index (χ4v) is 5.41. The van der Waals surface area contributed by atoms with Crippen molar-refractivity contribution in [2.45, 2.75) is 33.3 Å². The van der Waals surface area contributed by atoms with Crippen LogP contribution in [-0.4, -0.2) is 36.4 Å². The molecule has 5 rings (SSSR count). The molecule has 0 fully saturated rings. The highest BCUT2D eigenvalue weighted by molar-refractivity contribution is 7.21. The summed E-state index contributed by atoms with van der Waals surface area (Å²) in [6.45, 7) is 3.98. The molecule has 10 nitrogen and oxygen atoms in total. The standard InChI is InChI=1S/C26H21ClF3N7O3S/c1-3-37-13(2)15(11-32-37)14-10-19(26(28,29)30)33-25-20(14)21(22(41-25)23(31)38)34-24(39)17-8-9-36(35-17)12-40-18-7-5-4-6-16(18)27/h4-11H,3,12H2,1-2H3,(H2,31,38)(H,34,39). The lowest BCUT2D eigenvalue weighted by atomic mass is 10.0. The summed E-state index contributed by atoms with van der Waals surface area (Å²) in [5, 5.41) is 11.6. The van der Waals surface area contributed by atoms with Gasteiger partial charge >= 0.3 is 6.18 Å². The number of primary amides is 1. The number of thiophene rings is 1. The van der Waals surface area contributed by atoms with E-state index in [1.54, 1.807) is 35.9 Å². The van der Waals surface area contributed by atoms with Gasteiger partial charge in [-0.2, -0.15) is 23.4 Å². The summed E-state index contributed by atoms with van der Waals surface area (Å²) in [6, 6.07) is 9.13. The SMILES string of the molecule is CCn1ncc(-c2cc(C(F)(F)F)nc3sc(C(N)=O)c(NC(=O)c4ccn(COc5ccccc5Cl)n4)c23)c1C. The molecule has 15 heteroatoms. The van der Waals surface area contributed by atoms with Crippen LogP contribution in [0.1, 0.15) is 38.5 Å². The van der Waals surface area contributed by atoms with Crippen molar-refractivity contribution in [3.8, 4) is 16.9 Å². The van der Waals surface area contributed by atoms with Crippen molar-refractivity contribution in [2.75, 3.05) is 5.32 Å². The topological polar surface area (TPSA) is 130 Å². The molecule has 0 atom stereocenters. The summed E-state index contributed by atoms with van der Waals surface area (Å²) >= 11 is 6.75. The minimum absolute atomic E-state index is 0.0427. The van der Waals surface area contributed by atoms with Gasteiger partial charge in [-0.25, -0.2) is 9.67 Å². The van der Waals surface area contributed by atoms with E-state index in [0.29, 0.717) is 39.9 Å². The van der Waals surface area contributed by atoms with Crippen molar-refractivity contribution in [1.82, 2.24) is 24.5 Å². The molecule has 1 aromatic carbocycles. The van der Waals surface area contributed by atoms with Gasteiger partial charge in [0.15, 0.2) is 12.4 Å². The average Bonchev–Trinajstić information content (AvgIpc) is 3.64. The fraction of sp³-hybridized carbons (Fsp3) is 0.192. The van der Waals surface area contributed by atoms with E-state index in [9.17, 15) is 22.8 Å². The van der Waals surface area contributed by atoms with Crippen LogP contribution in [0.5, 0.6) is 5.75 Å². The largest absolute Gasteiger partial charge is 0.470 e. The molecule has 0 unspecified atom stereocenters. The Bertz CT molecular complexity index is 1790. The summed E-state index contributed by atoms with van der Waals surface area (Å²) in [7, 11) is 0. The van der Waals surface area contributed by atoms with Crippen molar-refractivity contribution >= 4 is 50.7 Å². The summed E-state index contributed by atoms with van der Waals surface area (Å²) in [5.74, 6) is -1.25. The van der Waals surface area contributed by atoms with Gasteiger partial charge in [0.2, 0.25) is 0 Å². The van der Waals surface area contributed by atoms with Gasteiger partial charge in [-0.3, -0.25) is 14.3 Å². The molecule has 3 N–H and O–H groups in total. The summed E-state index contributed by atoms with van der Waals surface area (Å²) in [6.07, 6.45) is -1.84. The first kappa shape index (κ1) is 28.1. The van der Waals surface area contributed by atoms with Crippen LogP contribution in [0, 0.1) is 6.92 Å². The second-order valence-corrected chi connectivity index (χ2v) is 10.2. The zero-order valence-corrected chi connectivity index (χ0v) is 23.1. The molecule has 0 saturated carbocycles. The molecule has 41 heavy (non-hydrogen) atoms. The molecule has 0 radical (unpaired) electrons. The number of aryl methyl sites for hydroxylation is 1. The van der Waals surface area contributed by atoms with Gasteiger partial charge in [-0.15, -0.1) is 11.3 Å². The first-order valence-electron chi connectivity index (χ1n) is 12.1. The number of aromatic nitrogens is 5. The Hall–Kier alpha value is -4.43. The van der Waals surface area contributed by atoms with Crippen LogP contribution in [0.2, 0.25) is 5.02 Å². The average molecular weight is 604 g/mol. The minimum atomic E-state index is -4.77. The molecule has 5 aromatic rings. The summed E-state index contributed by atoms with van der Waals surface area (Å²) < 4.78 is 50.0. The smallest absolute Gasteiger partial charge is 0.433 e. The van der Waals surface area contributed by atoms with Crippen LogP contribution >= 0.6 is 22.9 Å². The third-order valence-corrected chi connectivity index (χ3v) is 7.58. The number of nitrogens with two attached hydrogens (primary N) is 1. The first-order chi connectivity index (χ1) is 19.5. The highest BCUT2D eigenvalue weighted by Gasteiger charge is 2.35. The maximum Gasteiger partial charge on any atom is 0.433 e. The lowest BCUT2D eigenvalue weighted by Gasteiger charge is -2.12. The van der Waals surface area contributed by atoms with E-state index in [0.717, 1.165) is 6.07 Å². The van der Waals surface area contributed by atoms with Gasteiger partial charge in [-0.1, -0.05) is 23.7 Å². The van der Waals surface area contributed by atoms with Crippen LogP contribution < -0.4 is 15.8 Å². The van der Waals surface area contributed by atoms with Crippen LogP contribution in [0.3, 0.4) is 0 Å². The van der Waals surface area contributed by atoms with E-state index in [1.807, 2.05) is 6.92 Å². The number of rotatable bonds is 8. The number of hydrogen-bond donors (Lipinski definition) is 2. The molecule has 0 aliphatic heterocycles. The molecule has 4 aromatic heterocycles. The Morgan fingerprint density at radius 3 is 2.61 bits per heavy atom. The number of pyridine rings is 1. The Morgan fingerprint density at radius 2 is 1.95 bits per heavy atom. The van der Waals surface area contributed by atoms with E-state index >= 15 is 0 Å². The zero-order valence-electron chi connectivity index (χ0n) is 21.5. The number of hydrogen-bond acceptors (Lipinski definition) is 7. The van der Waals surface area contributed by atoms with Crippen LogP contribution in [0.15, 0.2) is 48.8 Å². The maximum absolute atomic E-state index is 13.8. The minimum Gasteiger partial charge on any atom is -0.470 e. The molecular formula is C26H21ClF3N7O3S. The molecule has 2 amide bonds. The van der Waals surface area contributed by atoms with Crippen molar-refractivity contribution in [3.05, 3.63) is 75.8 Å². The normalized spacial score (nSPS) is 11.7. The van der Waals surface area contributed by atoms with Crippen molar-refractivity contribution in [3.63, 3.8) is 0 Å². The Kier molecular flexibility index (Phi) is 7.44. The lowest BCUT2D eigenvalue weighted by molar-refractivity contribution is -0.140. The molecule has 0 bridgehead atoms. The number of fused-ring (bicyclic) bond motifs is 1. The highest BCUT2D eigenvalue weighted by Crippen LogP contribution is 2.44. The predicted octanol–water partition coefficient (Wildman–Crippen LogP) is 5.74. The second-order valence-electron chi connectivity index (χ2n) is 8.76. The number of alkyl halides is 3. The number of anilines is 1. The maximum atomic E-state index is 13.8. The summed E-state index contributed by atoms with van der Waals surface area (Å²) in [5.41, 5.74) is 5.39. The van der Waals surface area contributed by atoms with Gasteiger partial charge in [-0.05, 0) is 43.7 Å². The number of benzene rings is 1. The van der Waals surface area contributed by atoms with Gasteiger partial charge in [0, 0.05) is 29.4 Å². The third-order valence-electron chi connectivity index (χ3n) is 6.17. The molecule has 0 aliphatic carbocycles. The lowest BCUT2D eigenvalue weighted by Crippen LogP contribution is -2.18. The second kappa shape index (κ2) is 10.9. The van der Waals surface area contributed by atoms with Gasteiger partial charge in [0.05, 0.1) is 16.9 Å². The Balaban J connectivity index is 1.55. The first-order valence-corrected chi connectivity index (χ1v) is 13.3. The number of para-hydroxylation sites is 1. The monoisotopic (exact) mass is 603 g/mol. The molecule has 212 valence electrons. The fourth-order valence-electron chi connectivity index (χ4n) is 4.21. The van der Waals surface area contributed by atoms with E-state index in [2.05, 4.69) is 20.5 Å². The van der Waals surface area contributed by atoms with Crippen molar-refractivity contribution in [1.29, 1.82) is 0 Å². The number of carbonyl (C=O) groups is 2. The van der Waals surface area contributed by atoms with E-state index in [1.165, 1.54) is 23.1 Å². The number of ether oxygens (including phenoxy) is 1. The van der Waals surface area contributed by atoms with Gasteiger partial charge in [0.1, 0.15) is 21.2 Å². The summed E-state index contributed by atoms with van der Waals surface area (Å²) in [4.78, 5) is 29.1. The zero-order chi connectivity index (χ0) is 29.5. The number of nitrogens with zero attached hydrogens (tertiary/aromatic N) is 5. The number of carbonyl (C=O) groups excluding carboxylic acids is 2. The van der Waals surface area contributed by atoms with Crippen LogP contribution in [0.25, 0.3) is 21.3 Å². The number of nitrogens with one attached hydrogen (secondary N) is 1. The molecule has 0 saturated heterocycles. The van der Waals surface area contributed by atoms with Crippen molar-refractivity contribution < 1.29 is 27.5 Å². The Labute approximate surface area is 239 Å². The van der Waals surface area contributed by atoms with E-state index < -0.39 is 23.7 Å². The van der Waals surface area contributed by atoms with E-state index in [-0.39, 0.29) is 38.8 Å². The number of halogens is 4. The van der Waals surface area contributed by atoms with Crippen molar-refractivity contribution in [2.24, 2.45) is 5.73 Å². The molecule has 0 aliphatic rings. The Morgan fingerprint density at radius 1 is 1.20 bits per heavy atom. The van der Waals surface area contributed by atoms with E-state index in [4.69, 9.17) is 22.1 Å². The molecular weight excluding hydrogens is 583 g/mol. The molecule has 0 spiro atoms. The van der Waals surface area contributed by atoms with Crippen LogP contribution in [-0.2, 0) is 19.5 Å². The third kappa shape index (κ3) is 5.47. The highest BCUT2D eigenvalue weighted by atomic mass is 35.5. The molecule has 4 heterocycles. The van der Waals surface area contributed by atoms with Gasteiger partial charge < -0.3 is 15.8 Å². The predicted molar refractivity (Wildman–Crippen MR) is 147 cm³/mol. The quantitative estimate of drug-likeness (QED) is 0.232. The van der Waals surface area contributed by atoms with Crippen LogP contribution in [0.4, 0.5) is 18.9 Å². The number of amides is 2. The van der Waals surface area contributed by atoms with Gasteiger partial charge in [0.25, 0.3) is 11.8 Å².